The van der Waals surface area contributed by atoms with E-state index in [2.05, 4.69) is 20.9 Å². The van der Waals surface area contributed by atoms with Gasteiger partial charge in [-0.15, -0.1) is 10.2 Å². The first-order chi connectivity index (χ1) is 12.7. The molecule has 1 amide bonds. The number of rotatable bonds is 5. The van der Waals surface area contributed by atoms with Crippen LogP contribution in [0.25, 0.3) is 0 Å². The predicted molar refractivity (Wildman–Crippen MR) is 100.0 cm³/mol. The number of carbonyl (C=O) groups excluding carboxylic acids is 1. The molecule has 0 unspecified atom stereocenters. The Bertz CT molecular complexity index is 888. The number of aromatic nitrogens is 3. The van der Waals surface area contributed by atoms with Crippen molar-refractivity contribution in [2.24, 2.45) is 0 Å². The number of hydrogen-bond donors (Lipinski definition) is 2. The largest absolute Gasteiger partial charge is 0.494 e. The molecule has 1 aliphatic rings. The Labute approximate surface area is 154 Å². The number of benzene rings is 2. The highest BCUT2D eigenvalue weighted by Crippen LogP contribution is 2.37. The van der Waals surface area contributed by atoms with Crippen molar-refractivity contribution in [1.29, 1.82) is 0 Å². The molecule has 0 radical (unpaired) electrons. The molecule has 2 heterocycles. The van der Waals surface area contributed by atoms with E-state index in [4.69, 9.17) is 4.74 Å². The number of nitrogens with one attached hydrogen (secondary N) is 2. The first kappa shape index (κ1) is 16.5. The molecule has 7 nitrogen and oxygen atoms in total. The molecule has 2 N–H and O–H groups in total. The number of ether oxygens (including phenoxy) is 1. The van der Waals surface area contributed by atoms with Crippen LogP contribution in [0.2, 0.25) is 0 Å². The van der Waals surface area contributed by atoms with Gasteiger partial charge >= 0.3 is 0 Å². The van der Waals surface area contributed by atoms with Gasteiger partial charge in [-0.05, 0) is 48.9 Å². The summed E-state index contributed by atoms with van der Waals surface area (Å²) < 4.78 is 7.19. The normalized spacial score (nSPS) is 15.2. The number of nitrogens with zero attached hydrogens (tertiary/aromatic N) is 3. The highest BCUT2D eigenvalue weighted by atomic mass is 32.2. The van der Waals surface area contributed by atoms with Crippen molar-refractivity contribution in [2.45, 2.75) is 17.5 Å². The third-order valence-corrected chi connectivity index (χ3v) is 5.00. The lowest BCUT2D eigenvalue weighted by Gasteiger charge is -2.12. The minimum absolute atomic E-state index is 0.0800. The predicted octanol–water partition coefficient (Wildman–Crippen LogP) is 3.28. The van der Waals surface area contributed by atoms with Gasteiger partial charge in [-0.2, -0.15) is 0 Å². The number of thioether (sulfide) groups is 1. The van der Waals surface area contributed by atoms with E-state index in [1.165, 1.54) is 0 Å². The smallest absolute Gasteiger partial charge is 0.255 e. The monoisotopic (exact) mass is 367 g/mol. The molecular weight excluding hydrogens is 350 g/mol. The van der Waals surface area contributed by atoms with Gasteiger partial charge in [0.05, 0.1) is 6.61 Å². The van der Waals surface area contributed by atoms with Crippen LogP contribution >= 0.6 is 11.8 Å². The van der Waals surface area contributed by atoms with E-state index in [1.807, 2.05) is 31.2 Å². The van der Waals surface area contributed by atoms with Gasteiger partial charge in [-0.3, -0.25) is 4.79 Å². The van der Waals surface area contributed by atoms with Crippen LogP contribution in [-0.4, -0.2) is 27.4 Å². The van der Waals surface area contributed by atoms with Crippen LogP contribution in [0, 0.1) is 0 Å². The molecule has 1 aromatic heterocycles. The maximum Gasteiger partial charge on any atom is 0.255 e. The molecule has 0 saturated heterocycles. The Morgan fingerprint density at radius 1 is 1.23 bits per heavy atom. The molecule has 3 aromatic rings. The van der Waals surface area contributed by atoms with Crippen LogP contribution in [0.1, 0.15) is 28.2 Å². The maximum atomic E-state index is 12.4. The summed E-state index contributed by atoms with van der Waals surface area (Å²) in [7, 11) is 0. The van der Waals surface area contributed by atoms with E-state index < -0.39 is 0 Å². The average molecular weight is 367 g/mol. The van der Waals surface area contributed by atoms with Crippen LogP contribution in [0.15, 0.2) is 60.0 Å². The lowest BCUT2D eigenvalue weighted by Crippen LogP contribution is -2.13. The number of anilines is 1. The highest BCUT2D eigenvalue weighted by molar-refractivity contribution is 7.99. The Hall–Kier alpha value is -3.00. The molecule has 8 heteroatoms. The van der Waals surface area contributed by atoms with Crippen molar-refractivity contribution in [2.75, 3.05) is 17.3 Å². The second kappa shape index (κ2) is 7.09. The Kier molecular flexibility index (Phi) is 4.49. The summed E-state index contributed by atoms with van der Waals surface area (Å²) in [6, 6.07) is 14.8. The van der Waals surface area contributed by atoms with E-state index in [9.17, 15) is 4.79 Å². The van der Waals surface area contributed by atoms with Crippen LogP contribution in [0.5, 0.6) is 5.75 Å². The van der Waals surface area contributed by atoms with E-state index in [0.717, 1.165) is 22.2 Å². The minimum atomic E-state index is -0.152. The van der Waals surface area contributed by atoms with Crippen molar-refractivity contribution < 1.29 is 9.53 Å². The number of carbonyl (C=O) groups is 1. The molecule has 1 atom stereocenters. The summed E-state index contributed by atoms with van der Waals surface area (Å²) in [5.74, 6) is 0.602. The molecule has 26 heavy (non-hydrogen) atoms. The zero-order chi connectivity index (χ0) is 17.9. The highest BCUT2D eigenvalue weighted by Gasteiger charge is 2.24. The van der Waals surface area contributed by atoms with Crippen LogP contribution in [0.4, 0.5) is 5.69 Å². The fourth-order valence-corrected chi connectivity index (χ4v) is 3.59. The van der Waals surface area contributed by atoms with Gasteiger partial charge in [0.15, 0.2) is 0 Å². The molecule has 0 saturated carbocycles. The fourth-order valence-electron chi connectivity index (χ4n) is 2.61. The molecule has 0 bridgehead atoms. The molecule has 132 valence electrons. The number of fused-ring (bicyclic) bond motifs is 1. The fraction of sp³-hybridized carbons (Fsp3) is 0.167. The first-order valence-corrected chi connectivity index (χ1v) is 9.08. The molecule has 0 spiro atoms. The van der Waals surface area contributed by atoms with Crippen LogP contribution < -0.4 is 15.5 Å². The molecule has 1 aliphatic heterocycles. The zero-order valence-electron chi connectivity index (χ0n) is 14.0. The number of amides is 1. The summed E-state index contributed by atoms with van der Waals surface area (Å²) in [6.07, 6.45) is 1.65. The Balaban J connectivity index is 1.39. The van der Waals surface area contributed by atoms with Gasteiger partial charge < -0.3 is 15.5 Å². The second-order valence-corrected chi connectivity index (χ2v) is 6.72. The van der Waals surface area contributed by atoms with E-state index in [-0.39, 0.29) is 11.3 Å². The van der Waals surface area contributed by atoms with Crippen molar-refractivity contribution >= 4 is 23.4 Å². The quantitative estimate of drug-likeness (QED) is 0.720. The zero-order valence-corrected chi connectivity index (χ0v) is 14.9. The molecule has 2 aromatic carbocycles. The van der Waals surface area contributed by atoms with E-state index >= 15 is 0 Å². The van der Waals surface area contributed by atoms with Crippen LogP contribution in [0.3, 0.4) is 0 Å². The summed E-state index contributed by atoms with van der Waals surface area (Å²) in [4.78, 5) is 12.4. The molecular formula is C18H17N5O2S. The van der Waals surface area contributed by atoms with Gasteiger partial charge in [0.25, 0.3) is 5.91 Å². The van der Waals surface area contributed by atoms with E-state index in [1.54, 1.807) is 47.0 Å². The number of hydrogen-bond acceptors (Lipinski definition) is 6. The Morgan fingerprint density at radius 2 is 2.00 bits per heavy atom. The third kappa shape index (κ3) is 3.36. The molecule has 4 rings (SSSR count). The van der Waals surface area contributed by atoms with Crippen molar-refractivity contribution in [1.82, 2.24) is 14.9 Å². The topological polar surface area (TPSA) is 81.1 Å². The summed E-state index contributed by atoms with van der Waals surface area (Å²) in [5, 5.41) is 11.7. The van der Waals surface area contributed by atoms with Crippen molar-refractivity contribution in [3.8, 4) is 5.75 Å². The first-order valence-electron chi connectivity index (χ1n) is 8.20. The van der Waals surface area contributed by atoms with Crippen molar-refractivity contribution in [3.05, 3.63) is 66.0 Å². The lowest BCUT2D eigenvalue weighted by molar-refractivity contribution is 0.102. The summed E-state index contributed by atoms with van der Waals surface area (Å²) >= 11 is 1.60. The minimum Gasteiger partial charge on any atom is -0.494 e. The van der Waals surface area contributed by atoms with E-state index in [0.29, 0.717) is 12.2 Å². The third-order valence-electron chi connectivity index (χ3n) is 3.89. The average Bonchev–Trinajstić information content (AvgIpc) is 3.25. The second-order valence-electron chi connectivity index (χ2n) is 5.64. The summed E-state index contributed by atoms with van der Waals surface area (Å²) in [6.45, 7) is 2.53. The van der Waals surface area contributed by atoms with Gasteiger partial charge in [-0.1, -0.05) is 23.9 Å². The van der Waals surface area contributed by atoms with Gasteiger partial charge in [0.1, 0.15) is 17.5 Å². The lowest BCUT2D eigenvalue weighted by atomic mass is 10.1. The molecule has 0 aliphatic carbocycles. The van der Waals surface area contributed by atoms with Gasteiger partial charge in [-0.25, -0.2) is 4.68 Å². The maximum absolute atomic E-state index is 12.4. The standard InChI is InChI=1S/C18H17N5O2S/c1-2-25-15-9-5-12(6-10-15)16(24)20-14-7-3-13(4-8-14)17-22-23-11-19-21-18(23)26-17/h3-11,17,22H,2H2,1H3,(H,20,24)/t17-/m1/s1. The summed E-state index contributed by atoms with van der Waals surface area (Å²) in [5.41, 5.74) is 5.72. The SMILES string of the molecule is CCOc1ccc(C(=O)Nc2ccc([C@@H]3Nn4cnnc4S3)cc2)cc1. The Morgan fingerprint density at radius 3 is 2.69 bits per heavy atom. The van der Waals surface area contributed by atoms with Gasteiger partial charge in [0, 0.05) is 11.3 Å². The molecule has 0 fully saturated rings. The van der Waals surface area contributed by atoms with Crippen molar-refractivity contribution in [3.63, 3.8) is 0 Å². The van der Waals surface area contributed by atoms with Crippen LogP contribution in [-0.2, 0) is 0 Å². The van der Waals surface area contributed by atoms with Gasteiger partial charge in [0.2, 0.25) is 5.16 Å².